The molecule has 0 bridgehead atoms. The number of carbonyl (C=O) groups is 1. The predicted molar refractivity (Wildman–Crippen MR) is 96.7 cm³/mol. The number of nitrogens with zero attached hydrogens (tertiary/aromatic N) is 2. The van der Waals surface area contributed by atoms with Gasteiger partial charge in [0.25, 0.3) is 0 Å². The molecule has 2 aromatic heterocycles. The Balaban J connectivity index is 1.76. The molecule has 0 aliphatic heterocycles. The van der Waals surface area contributed by atoms with Gasteiger partial charge in [0.15, 0.2) is 5.65 Å². The first-order valence-electron chi connectivity index (χ1n) is 8.82. The summed E-state index contributed by atoms with van der Waals surface area (Å²) >= 11 is 0. The van der Waals surface area contributed by atoms with Crippen LogP contribution in [0.5, 0.6) is 0 Å². The van der Waals surface area contributed by atoms with Crippen LogP contribution in [-0.4, -0.2) is 26.5 Å². The Morgan fingerprint density at radius 3 is 2.71 bits per heavy atom. The van der Waals surface area contributed by atoms with E-state index in [-0.39, 0.29) is 17.6 Å². The summed E-state index contributed by atoms with van der Waals surface area (Å²) in [6.07, 6.45) is -1.23. The maximum Gasteiger partial charge on any atom is 0.416 e. The minimum atomic E-state index is -4.46. The van der Waals surface area contributed by atoms with Crippen LogP contribution in [0.4, 0.5) is 13.2 Å². The lowest BCUT2D eigenvalue weighted by Crippen LogP contribution is -2.36. The number of pyridine rings is 1. The number of imidazole rings is 1. The molecule has 1 aliphatic rings. The van der Waals surface area contributed by atoms with Crippen LogP contribution in [0, 0.1) is 0 Å². The largest absolute Gasteiger partial charge is 0.416 e. The molecule has 2 N–H and O–H groups in total. The van der Waals surface area contributed by atoms with Crippen LogP contribution in [0.15, 0.2) is 41.3 Å². The van der Waals surface area contributed by atoms with Gasteiger partial charge in [0.1, 0.15) is 6.04 Å². The first-order chi connectivity index (χ1) is 13.2. The van der Waals surface area contributed by atoms with Crippen molar-refractivity contribution in [2.45, 2.75) is 38.0 Å². The summed E-state index contributed by atoms with van der Waals surface area (Å²) in [6, 6.07) is 5.81. The molecule has 0 saturated heterocycles. The van der Waals surface area contributed by atoms with Crippen molar-refractivity contribution in [2.24, 2.45) is 0 Å². The summed E-state index contributed by atoms with van der Waals surface area (Å²) in [4.78, 5) is 31.5. The zero-order chi connectivity index (χ0) is 20.1. The van der Waals surface area contributed by atoms with Gasteiger partial charge in [-0.1, -0.05) is 12.1 Å². The molecule has 0 radical (unpaired) electrons. The summed E-state index contributed by atoms with van der Waals surface area (Å²) < 4.78 is 40.3. The van der Waals surface area contributed by atoms with E-state index >= 15 is 0 Å². The summed E-state index contributed by atoms with van der Waals surface area (Å²) in [5.41, 5.74) is 0.0988. The molecule has 9 heteroatoms. The second-order valence-electron chi connectivity index (χ2n) is 6.93. The smallest absolute Gasteiger partial charge is 0.352 e. The van der Waals surface area contributed by atoms with Gasteiger partial charge in [-0.15, -0.1) is 0 Å². The molecule has 2 heterocycles. The third kappa shape index (κ3) is 3.39. The molecule has 0 spiro atoms. The monoisotopic (exact) mass is 390 g/mol. The lowest BCUT2D eigenvalue weighted by atomic mass is 10.0. The van der Waals surface area contributed by atoms with Crippen molar-refractivity contribution in [3.8, 4) is 11.1 Å². The molecule has 3 aromatic rings. The van der Waals surface area contributed by atoms with Gasteiger partial charge in [-0.25, -0.2) is 9.78 Å². The molecule has 146 valence electrons. The van der Waals surface area contributed by atoms with E-state index in [4.69, 9.17) is 0 Å². The van der Waals surface area contributed by atoms with E-state index in [1.807, 2.05) is 0 Å². The number of alkyl halides is 3. The Kier molecular flexibility index (Phi) is 4.24. The number of amides is 1. The first kappa shape index (κ1) is 18.3. The van der Waals surface area contributed by atoms with Gasteiger partial charge in [0, 0.05) is 17.8 Å². The predicted octanol–water partition coefficient (Wildman–Crippen LogP) is 3.25. The van der Waals surface area contributed by atoms with Gasteiger partial charge in [0.05, 0.1) is 11.1 Å². The highest BCUT2D eigenvalue weighted by Crippen LogP contribution is 2.32. The highest BCUT2D eigenvalue weighted by atomic mass is 19.4. The summed E-state index contributed by atoms with van der Waals surface area (Å²) in [5.74, 6) is -0.282. The minimum Gasteiger partial charge on any atom is -0.352 e. The van der Waals surface area contributed by atoms with Crippen molar-refractivity contribution in [1.82, 2.24) is 19.9 Å². The van der Waals surface area contributed by atoms with E-state index in [0.29, 0.717) is 16.6 Å². The number of hydrogen-bond donors (Lipinski definition) is 2. The van der Waals surface area contributed by atoms with Crippen LogP contribution in [0.25, 0.3) is 22.3 Å². The van der Waals surface area contributed by atoms with Crippen molar-refractivity contribution < 1.29 is 18.0 Å². The fraction of sp³-hybridized carbons (Fsp3) is 0.316. The van der Waals surface area contributed by atoms with Crippen molar-refractivity contribution in [1.29, 1.82) is 0 Å². The van der Waals surface area contributed by atoms with E-state index in [2.05, 4.69) is 15.3 Å². The van der Waals surface area contributed by atoms with Crippen LogP contribution in [-0.2, 0) is 11.0 Å². The van der Waals surface area contributed by atoms with Crippen LogP contribution >= 0.6 is 0 Å². The molecule has 1 atom stereocenters. The van der Waals surface area contributed by atoms with Gasteiger partial charge in [0.2, 0.25) is 5.91 Å². The number of benzene rings is 1. The van der Waals surface area contributed by atoms with E-state index in [0.717, 1.165) is 25.0 Å². The van der Waals surface area contributed by atoms with Crippen molar-refractivity contribution in [2.75, 3.05) is 0 Å². The zero-order valence-corrected chi connectivity index (χ0v) is 14.9. The Morgan fingerprint density at radius 1 is 1.29 bits per heavy atom. The maximum absolute atomic E-state index is 13.0. The normalized spacial score (nSPS) is 15.6. The molecule has 6 nitrogen and oxygen atoms in total. The van der Waals surface area contributed by atoms with Crippen molar-refractivity contribution in [3.63, 3.8) is 0 Å². The summed E-state index contributed by atoms with van der Waals surface area (Å²) in [6.45, 7) is 1.60. The van der Waals surface area contributed by atoms with E-state index < -0.39 is 23.5 Å². The average Bonchev–Trinajstić information content (AvgIpc) is 3.40. The summed E-state index contributed by atoms with van der Waals surface area (Å²) in [5, 5.41) is 2.85. The molecule has 1 fully saturated rings. The summed E-state index contributed by atoms with van der Waals surface area (Å²) in [7, 11) is 0. The lowest BCUT2D eigenvalue weighted by Gasteiger charge is -2.14. The number of halogens is 3. The topological polar surface area (TPSA) is 79.8 Å². The van der Waals surface area contributed by atoms with Gasteiger partial charge in [-0.2, -0.15) is 13.2 Å². The first-order valence-corrected chi connectivity index (χ1v) is 8.82. The average molecular weight is 390 g/mol. The third-order valence-electron chi connectivity index (χ3n) is 4.78. The number of hydrogen-bond acceptors (Lipinski definition) is 3. The highest BCUT2D eigenvalue weighted by Gasteiger charge is 2.31. The second-order valence-corrected chi connectivity index (χ2v) is 6.93. The van der Waals surface area contributed by atoms with Gasteiger partial charge in [-0.05, 0) is 43.5 Å². The Morgan fingerprint density at radius 2 is 2.04 bits per heavy atom. The van der Waals surface area contributed by atoms with Crippen LogP contribution in [0.1, 0.15) is 31.4 Å². The molecular weight excluding hydrogens is 373 g/mol. The Bertz CT molecular complexity index is 1110. The Labute approximate surface area is 157 Å². The molecule has 1 aromatic carbocycles. The lowest BCUT2D eigenvalue weighted by molar-refractivity contribution is -0.137. The van der Waals surface area contributed by atoms with Crippen LogP contribution in [0.2, 0.25) is 0 Å². The van der Waals surface area contributed by atoms with E-state index in [1.54, 1.807) is 13.0 Å². The molecular formula is C19H17F3N4O2. The number of nitrogens with one attached hydrogen (secondary N) is 2. The van der Waals surface area contributed by atoms with Crippen LogP contribution < -0.4 is 11.0 Å². The molecule has 0 unspecified atom stereocenters. The van der Waals surface area contributed by atoms with Crippen molar-refractivity contribution >= 4 is 17.1 Å². The highest BCUT2D eigenvalue weighted by molar-refractivity contribution is 5.84. The van der Waals surface area contributed by atoms with E-state index in [1.165, 1.54) is 22.9 Å². The minimum absolute atomic E-state index is 0.148. The standard InChI is InChI=1S/C19H17F3N4O2/c1-10(17(27)24-14-5-6-14)26-15-8-12(9-23-16(15)25-18(26)28)11-3-2-4-13(7-11)19(20,21)22/h2-4,7-10,14H,5-6H2,1H3,(H,24,27)(H,23,25,28)/t10-/m1/s1. The Hall–Kier alpha value is -3.10. The SMILES string of the molecule is C[C@H](C(=O)NC1CC1)n1c(=O)[nH]c2ncc(-c3cccc(C(F)(F)F)c3)cc21. The number of aromatic amines is 1. The van der Waals surface area contributed by atoms with Gasteiger partial charge >= 0.3 is 11.9 Å². The third-order valence-corrected chi connectivity index (χ3v) is 4.78. The quantitative estimate of drug-likeness (QED) is 0.718. The van der Waals surface area contributed by atoms with Crippen molar-refractivity contribution in [3.05, 3.63) is 52.6 Å². The van der Waals surface area contributed by atoms with Gasteiger partial charge < -0.3 is 5.32 Å². The number of aromatic nitrogens is 3. The maximum atomic E-state index is 13.0. The second kappa shape index (κ2) is 6.50. The molecule has 1 saturated carbocycles. The number of rotatable bonds is 4. The zero-order valence-electron chi connectivity index (χ0n) is 14.9. The van der Waals surface area contributed by atoms with Gasteiger partial charge in [-0.3, -0.25) is 14.3 Å². The number of H-pyrrole nitrogens is 1. The fourth-order valence-corrected chi connectivity index (χ4v) is 3.09. The molecule has 1 amide bonds. The molecule has 4 rings (SSSR count). The van der Waals surface area contributed by atoms with Crippen LogP contribution in [0.3, 0.4) is 0 Å². The molecule has 28 heavy (non-hydrogen) atoms. The number of carbonyl (C=O) groups excluding carboxylic acids is 1. The fourth-order valence-electron chi connectivity index (χ4n) is 3.09. The van der Waals surface area contributed by atoms with E-state index in [9.17, 15) is 22.8 Å². The molecule has 1 aliphatic carbocycles. The number of fused-ring (bicyclic) bond motifs is 1.